The number of aromatic nitrogens is 3. The number of rotatable bonds is 7. The molecule has 2 heterocycles. The quantitative estimate of drug-likeness (QED) is 0.374. The number of para-hydroxylation sites is 2. The summed E-state index contributed by atoms with van der Waals surface area (Å²) in [7, 11) is 1.93. The molecule has 158 valence electrons. The molecule has 0 unspecified atom stereocenters. The molecule has 3 N–H and O–H groups in total. The molecule has 0 aliphatic heterocycles. The predicted molar refractivity (Wildman–Crippen MR) is 130 cm³/mol. The van der Waals surface area contributed by atoms with E-state index in [4.69, 9.17) is 4.98 Å². The largest absolute Gasteiger partial charge is 0.388 e. The lowest BCUT2D eigenvalue weighted by molar-refractivity contribution is 0.586. The second-order valence-corrected chi connectivity index (χ2v) is 8.10. The first kappa shape index (κ1) is 20.8. The normalized spacial score (nSPS) is 11.3. The van der Waals surface area contributed by atoms with E-state index in [2.05, 4.69) is 66.2 Å². The summed E-state index contributed by atoms with van der Waals surface area (Å²) in [5.41, 5.74) is 9.51. The van der Waals surface area contributed by atoms with Crippen LogP contribution in [0.4, 0.5) is 5.69 Å². The van der Waals surface area contributed by atoms with Crippen molar-refractivity contribution in [2.45, 2.75) is 33.4 Å². The number of imidazole rings is 1. The Morgan fingerprint density at radius 3 is 2.68 bits per heavy atom. The van der Waals surface area contributed by atoms with E-state index in [1.54, 1.807) is 0 Å². The third-order valence-electron chi connectivity index (χ3n) is 5.62. The number of hydrogen-bond donors (Lipinski definition) is 3. The molecule has 31 heavy (non-hydrogen) atoms. The molecule has 0 atom stereocenters. The van der Waals surface area contributed by atoms with Crippen molar-refractivity contribution in [3.8, 4) is 11.1 Å². The maximum Gasteiger partial charge on any atom is 0.138 e. The first-order chi connectivity index (χ1) is 15.0. The number of H-pyrrole nitrogens is 1. The number of hydrogen-bond acceptors (Lipinski definition) is 4. The van der Waals surface area contributed by atoms with Gasteiger partial charge in [-0.25, -0.2) is 4.98 Å². The van der Waals surface area contributed by atoms with Gasteiger partial charge in [0.05, 0.1) is 11.0 Å². The van der Waals surface area contributed by atoms with Crippen molar-refractivity contribution in [3.63, 3.8) is 0 Å². The van der Waals surface area contributed by atoms with Gasteiger partial charge in [0.25, 0.3) is 0 Å². The van der Waals surface area contributed by atoms with Crippen LogP contribution in [-0.4, -0.2) is 28.0 Å². The Morgan fingerprint density at radius 1 is 1.13 bits per heavy atom. The molecular weight excluding hydrogens is 382 g/mol. The third kappa shape index (κ3) is 4.23. The van der Waals surface area contributed by atoms with Gasteiger partial charge >= 0.3 is 0 Å². The van der Waals surface area contributed by atoms with Crippen LogP contribution in [0, 0.1) is 6.92 Å². The van der Waals surface area contributed by atoms with E-state index in [1.165, 1.54) is 11.1 Å². The number of anilines is 1. The van der Waals surface area contributed by atoms with E-state index >= 15 is 0 Å². The van der Waals surface area contributed by atoms with Crippen molar-refractivity contribution in [2.75, 3.05) is 12.4 Å². The fourth-order valence-electron chi connectivity index (χ4n) is 3.75. The van der Waals surface area contributed by atoms with Crippen LogP contribution in [0.25, 0.3) is 27.7 Å². The van der Waals surface area contributed by atoms with E-state index in [1.807, 2.05) is 43.7 Å². The molecule has 4 rings (SSSR count). The first-order valence-electron chi connectivity index (χ1n) is 10.6. The van der Waals surface area contributed by atoms with Gasteiger partial charge in [-0.2, -0.15) is 0 Å². The lowest BCUT2D eigenvalue weighted by atomic mass is 9.94. The lowest BCUT2D eigenvalue weighted by Crippen LogP contribution is -2.22. The van der Waals surface area contributed by atoms with Crippen molar-refractivity contribution in [1.82, 2.24) is 20.3 Å². The van der Waals surface area contributed by atoms with Gasteiger partial charge in [0.15, 0.2) is 0 Å². The van der Waals surface area contributed by atoms with Gasteiger partial charge < -0.3 is 15.6 Å². The van der Waals surface area contributed by atoms with Gasteiger partial charge in [-0.1, -0.05) is 38.6 Å². The third-order valence-corrected chi connectivity index (χ3v) is 5.62. The number of benzene rings is 2. The van der Waals surface area contributed by atoms with Crippen LogP contribution >= 0.6 is 0 Å². The topological polar surface area (TPSA) is 65.6 Å². The summed E-state index contributed by atoms with van der Waals surface area (Å²) in [4.78, 5) is 12.6. The summed E-state index contributed by atoms with van der Waals surface area (Å²) in [6, 6.07) is 14.9. The van der Waals surface area contributed by atoms with E-state index in [-0.39, 0.29) is 0 Å². The molecule has 5 heteroatoms. The number of aromatic amines is 1. The van der Waals surface area contributed by atoms with Crippen molar-refractivity contribution in [1.29, 1.82) is 0 Å². The molecule has 5 nitrogen and oxygen atoms in total. The monoisotopic (exact) mass is 411 g/mol. The molecule has 0 fully saturated rings. The van der Waals surface area contributed by atoms with Crippen LogP contribution in [0.3, 0.4) is 0 Å². The summed E-state index contributed by atoms with van der Waals surface area (Å²) < 4.78 is 0. The van der Waals surface area contributed by atoms with Crippen LogP contribution < -0.4 is 10.6 Å². The molecule has 2 aromatic heterocycles. The molecule has 4 aromatic rings. The number of nitrogens with zero attached hydrogens (tertiary/aromatic N) is 2. The Morgan fingerprint density at radius 2 is 1.94 bits per heavy atom. The van der Waals surface area contributed by atoms with Crippen molar-refractivity contribution >= 4 is 22.3 Å². The second-order valence-electron chi connectivity index (χ2n) is 8.10. The van der Waals surface area contributed by atoms with Gasteiger partial charge in [0.2, 0.25) is 0 Å². The summed E-state index contributed by atoms with van der Waals surface area (Å²) in [6.07, 6.45) is 3.89. The molecule has 0 aliphatic carbocycles. The molecular formula is C26H29N5. The Balaban J connectivity index is 1.74. The van der Waals surface area contributed by atoms with Crippen LogP contribution in [0.5, 0.6) is 0 Å². The minimum absolute atomic E-state index is 0.428. The zero-order valence-corrected chi connectivity index (χ0v) is 18.6. The SMILES string of the molecule is C=C(c1nc2ccccc2[nH]1)c1cc(-c2cncc(CNC(C)C)c2C)ccc1NC. The molecule has 0 radical (unpaired) electrons. The standard InChI is InChI=1S/C26H29N5/c1-16(2)29-14-20-13-28-15-22(17(20)3)19-10-11-23(27-5)21(12-19)18(4)26-30-24-8-6-7-9-25(24)31-26/h6-13,15-16,27,29H,4,14H2,1-3,5H3,(H,30,31). The van der Waals surface area contributed by atoms with Crippen LogP contribution in [0.2, 0.25) is 0 Å². The molecule has 0 spiro atoms. The fourth-order valence-corrected chi connectivity index (χ4v) is 3.75. The van der Waals surface area contributed by atoms with Crippen LogP contribution in [0.1, 0.15) is 36.4 Å². The molecule has 0 saturated heterocycles. The van der Waals surface area contributed by atoms with Gasteiger partial charge in [-0.05, 0) is 47.9 Å². The maximum absolute atomic E-state index is 4.74. The van der Waals surface area contributed by atoms with Gasteiger partial charge in [-0.3, -0.25) is 4.98 Å². The average Bonchev–Trinajstić information content (AvgIpc) is 3.22. The van der Waals surface area contributed by atoms with Crippen LogP contribution in [-0.2, 0) is 6.54 Å². The van der Waals surface area contributed by atoms with Gasteiger partial charge in [0.1, 0.15) is 5.82 Å². The van der Waals surface area contributed by atoms with E-state index in [0.29, 0.717) is 6.04 Å². The number of nitrogens with one attached hydrogen (secondary N) is 3. The zero-order valence-electron chi connectivity index (χ0n) is 18.6. The maximum atomic E-state index is 4.74. The predicted octanol–water partition coefficient (Wildman–Crippen LogP) is 5.53. The minimum atomic E-state index is 0.428. The van der Waals surface area contributed by atoms with Crippen LogP contribution in [0.15, 0.2) is 61.4 Å². The highest BCUT2D eigenvalue weighted by Crippen LogP contribution is 2.33. The summed E-state index contributed by atoms with van der Waals surface area (Å²) in [5.74, 6) is 0.777. The van der Waals surface area contributed by atoms with E-state index in [0.717, 1.165) is 51.4 Å². The summed E-state index contributed by atoms with van der Waals surface area (Å²) in [6.45, 7) is 11.6. The van der Waals surface area contributed by atoms with Crippen molar-refractivity contribution < 1.29 is 0 Å². The molecule has 0 aliphatic rings. The fraction of sp³-hybridized carbons (Fsp3) is 0.231. The van der Waals surface area contributed by atoms with E-state index < -0.39 is 0 Å². The summed E-state index contributed by atoms with van der Waals surface area (Å²) >= 11 is 0. The van der Waals surface area contributed by atoms with E-state index in [9.17, 15) is 0 Å². The lowest BCUT2D eigenvalue weighted by Gasteiger charge is -2.16. The Kier molecular flexibility index (Phi) is 5.87. The van der Waals surface area contributed by atoms with Crippen molar-refractivity contribution in [2.24, 2.45) is 0 Å². The van der Waals surface area contributed by atoms with Gasteiger partial charge in [0, 0.05) is 54.4 Å². The highest BCUT2D eigenvalue weighted by molar-refractivity contribution is 5.88. The zero-order chi connectivity index (χ0) is 22.0. The highest BCUT2D eigenvalue weighted by Gasteiger charge is 2.15. The number of pyridine rings is 1. The molecule has 0 bridgehead atoms. The first-order valence-corrected chi connectivity index (χ1v) is 10.6. The minimum Gasteiger partial charge on any atom is -0.388 e. The summed E-state index contributed by atoms with van der Waals surface area (Å²) in [5, 5.41) is 6.78. The molecule has 0 saturated carbocycles. The Hall–Kier alpha value is -3.44. The second kappa shape index (κ2) is 8.74. The molecule has 2 aromatic carbocycles. The smallest absolute Gasteiger partial charge is 0.138 e. The average molecular weight is 412 g/mol. The molecule has 0 amide bonds. The van der Waals surface area contributed by atoms with Crippen molar-refractivity contribution in [3.05, 3.63) is 84.0 Å². The number of fused-ring (bicyclic) bond motifs is 1. The Bertz CT molecular complexity index is 1200. The highest BCUT2D eigenvalue weighted by atomic mass is 14.9. The Labute approximate surface area is 183 Å². The van der Waals surface area contributed by atoms with Gasteiger partial charge in [-0.15, -0.1) is 0 Å².